The van der Waals surface area contributed by atoms with Crippen molar-refractivity contribution in [3.63, 3.8) is 0 Å². The highest BCUT2D eigenvalue weighted by atomic mass is 16.5. The standard InChI is InChI=1S/C20H30O2/c1-19-10-8-14(22-3)12-13(19)4-5-15-16-6-7-18(21)20(16,2)11-9-17(15)19/h4,12,15-18,21H,5-11H2,1-3H3/t15-,16-,17-,18?,19-,20-/m0/s1. The number of rotatable bonds is 1. The molecular weight excluding hydrogens is 272 g/mol. The molecule has 1 unspecified atom stereocenters. The minimum absolute atomic E-state index is 0.0667. The number of hydrogen-bond acceptors (Lipinski definition) is 2. The van der Waals surface area contributed by atoms with E-state index in [0.717, 1.165) is 36.4 Å². The zero-order valence-corrected chi connectivity index (χ0v) is 14.3. The van der Waals surface area contributed by atoms with Gasteiger partial charge < -0.3 is 9.84 Å². The maximum atomic E-state index is 10.5. The molecule has 122 valence electrons. The van der Waals surface area contributed by atoms with Gasteiger partial charge in [0.15, 0.2) is 0 Å². The highest BCUT2D eigenvalue weighted by molar-refractivity contribution is 5.35. The fraction of sp³-hybridized carbons (Fsp3) is 0.800. The molecule has 4 rings (SSSR count). The van der Waals surface area contributed by atoms with Crippen LogP contribution in [0.3, 0.4) is 0 Å². The summed E-state index contributed by atoms with van der Waals surface area (Å²) in [6.45, 7) is 4.85. The van der Waals surface area contributed by atoms with Crippen LogP contribution in [0, 0.1) is 28.6 Å². The number of aliphatic hydroxyl groups excluding tert-OH is 1. The number of hydrogen-bond donors (Lipinski definition) is 1. The van der Waals surface area contributed by atoms with Crippen molar-refractivity contribution in [2.75, 3.05) is 7.11 Å². The van der Waals surface area contributed by atoms with Gasteiger partial charge in [0.1, 0.15) is 0 Å². The first-order valence-corrected chi connectivity index (χ1v) is 9.12. The summed E-state index contributed by atoms with van der Waals surface area (Å²) in [4.78, 5) is 0. The Bertz CT molecular complexity index is 534. The molecule has 0 amide bonds. The van der Waals surface area contributed by atoms with Crippen molar-refractivity contribution in [2.45, 2.75) is 64.9 Å². The van der Waals surface area contributed by atoms with Crippen molar-refractivity contribution in [3.05, 3.63) is 23.5 Å². The van der Waals surface area contributed by atoms with Crippen LogP contribution in [0.15, 0.2) is 23.5 Å². The van der Waals surface area contributed by atoms with Crippen LogP contribution in [-0.4, -0.2) is 18.3 Å². The second kappa shape index (κ2) is 4.87. The van der Waals surface area contributed by atoms with Crippen LogP contribution in [-0.2, 0) is 4.74 Å². The normalized spacial score (nSPS) is 50.4. The molecule has 2 fully saturated rings. The van der Waals surface area contributed by atoms with E-state index in [1.165, 1.54) is 37.7 Å². The van der Waals surface area contributed by atoms with Gasteiger partial charge in [-0.2, -0.15) is 0 Å². The molecule has 0 aromatic carbocycles. The smallest absolute Gasteiger partial charge is 0.0958 e. The Labute approximate surface area is 134 Å². The monoisotopic (exact) mass is 302 g/mol. The van der Waals surface area contributed by atoms with Gasteiger partial charge in [0.05, 0.1) is 19.0 Å². The summed E-state index contributed by atoms with van der Waals surface area (Å²) in [5.74, 6) is 3.45. The van der Waals surface area contributed by atoms with Crippen LogP contribution in [0.25, 0.3) is 0 Å². The van der Waals surface area contributed by atoms with Gasteiger partial charge in [-0.1, -0.05) is 19.9 Å². The van der Waals surface area contributed by atoms with Gasteiger partial charge >= 0.3 is 0 Å². The van der Waals surface area contributed by atoms with Crippen molar-refractivity contribution < 1.29 is 9.84 Å². The Morgan fingerprint density at radius 1 is 1.14 bits per heavy atom. The van der Waals surface area contributed by atoms with Crippen LogP contribution in [0.1, 0.15) is 58.8 Å². The van der Waals surface area contributed by atoms with Gasteiger partial charge in [-0.05, 0) is 78.8 Å². The lowest BCUT2D eigenvalue weighted by Gasteiger charge is -2.56. The van der Waals surface area contributed by atoms with E-state index < -0.39 is 0 Å². The van der Waals surface area contributed by atoms with Crippen LogP contribution in [0.5, 0.6) is 0 Å². The third-order valence-corrected chi connectivity index (χ3v) is 7.94. The Morgan fingerprint density at radius 3 is 2.73 bits per heavy atom. The third-order valence-electron chi connectivity index (χ3n) is 7.94. The van der Waals surface area contributed by atoms with Gasteiger partial charge in [-0.15, -0.1) is 0 Å². The van der Waals surface area contributed by atoms with E-state index in [-0.39, 0.29) is 11.5 Å². The number of fused-ring (bicyclic) bond motifs is 5. The summed E-state index contributed by atoms with van der Waals surface area (Å²) in [7, 11) is 1.80. The summed E-state index contributed by atoms with van der Waals surface area (Å²) >= 11 is 0. The molecule has 0 aromatic heterocycles. The molecule has 22 heavy (non-hydrogen) atoms. The summed E-state index contributed by atoms with van der Waals surface area (Å²) in [5, 5.41) is 10.5. The van der Waals surface area contributed by atoms with E-state index in [0.29, 0.717) is 5.41 Å². The Kier molecular flexibility index (Phi) is 3.28. The highest BCUT2D eigenvalue weighted by Gasteiger charge is 2.57. The van der Waals surface area contributed by atoms with Gasteiger partial charge in [-0.3, -0.25) is 0 Å². The zero-order chi connectivity index (χ0) is 15.5. The topological polar surface area (TPSA) is 29.5 Å². The predicted molar refractivity (Wildman–Crippen MR) is 88.2 cm³/mol. The predicted octanol–water partition coefficient (Wildman–Crippen LogP) is 4.45. The molecule has 0 aliphatic heterocycles. The lowest BCUT2D eigenvalue weighted by molar-refractivity contribution is -0.0634. The first-order valence-electron chi connectivity index (χ1n) is 9.12. The number of allylic oxidation sites excluding steroid dienone is 4. The maximum absolute atomic E-state index is 10.5. The summed E-state index contributed by atoms with van der Waals surface area (Å²) < 4.78 is 5.51. The molecule has 6 atom stereocenters. The average molecular weight is 302 g/mol. The van der Waals surface area contributed by atoms with Crippen LogP contribution < -0.4 is 0 Å². The van der Waals surface area contributed by atoms with Gasteiger partial charge in [0, 0.05) is 6.42 Å². The highest BCUT2D eigenvalue weighted by Crippen LogP contribution is 2.64. The fourth-order valence-corrected chi connectivity index (χ4v) is 6.43. The molecule has 2 heteroatoms. The summed E-state index contributed by atoms with van der Waals surface area (Å²) in [6.07, 6.45) is 13.0. The second-order valence-corrected chi connectivity index (χ2v) is 8.64. The van der Waals surface area contributed by atoms with E-state index in [1.807, 2.05) is 0 Å². The van der Waals surface area contributed by atoms with Crippen LogP contribution in [0.2, 0.25) is 0 Å². The van der Waals surface area contributed by atoms with Crippen molar-refractivity contribution in [2.24, 2.45) is 28.6 Å². The van der Waals surface area contributed by atoms with E-state index in [1.54, 1.807) is 7.11 Å². The number of aliphatic hydroxyl groups is 1. The Morgan fingerprint density at radius 2 is 1.95 bits per heavy atom. The number of methoxy groups -OCH3 is 1. The molecule has 2 saturated carbocycles. The van der Waals surface area contributed by atoms with Gasteiger partial charge in [0.25, 0.3) is 0 Å². The van der Waals surface area contributed by atoms with Crippen molar-refractivity contribution >= 4 is 0 Å². The lowest BCUT2D eigenvalue weighted by atomic mass is 9.48. The zero-order valence-electron chi connectivity index (χ0n) is 14.3. The molecule has 0 saturated heterocycles. The molecular formula is C20H30O2. The molecule has 0 spiro atoms. The average Bonchev–Trinajstić information content (AvgIpc) is 2.82. The molecule has 0 bridgehead atoms. The van der Waals surface area contributed by atoms with Crippen molar-refractivity contribution in [1.82, 2.24) is 0 Å². The Hall–Kier alpha value is -0.760. The molecule has 0 heterocycles. The van der Waals surface area contributed by atoms with E-state index in [9.17, 15) is 5.11 Å². The molecule has 2 nitrogen and oxygen atoms in total. The Balaban J connectivity index is 1.69. The summed E-state index contributed by atoms with van der Waals surface area (Å²) in [5.41, 5.74) is 2.05. The van der Waals surface area contributed by atoms with Gasteiger partial charge in [-0.25, -0.2) is 0 Å². The van der Waals surface area contributed by atoms with E-state index in [2.05, 4.69) is 26.0 Å². The fourth-order valence-electron chi connectivity index (χ4n) is 6.43. The maximum Gasteiger partial charge on any atom is 0.0958 e. The van der Waals surface area contributed by atoms with Crippen molar-refractivity contribution in [3.8, 4) is 0 Å². The molecule has 4 aliphatic rings. The minimum atomic E-state index is -0.0667. The summed E-state index contributed by atoms with van der Waals surface area (Å²) in [6, 6.07) is 0. The first kappa shape index (κ1) is 14.8. The minimum Gasteiger partial charge on any atom is -0.501 e. The lowest BCUT2D eigenvalue weighted by Crippen LogP contribution is -2.50. The SMILES string of the molecule is COC1=CC2=CC[C@@H]3[C@H](CC[C@]4(C)C(O)CC[C@@H]34)[C@@]2(C)CC1. The van der Waals surface area contributed by atoms with Gasteiger partial charge in [0.2, 0.25) is 0 Å². The number of ether oxygens (including phenoxy) is 1. The van der Waals surface area contributed by atoms with Crippen LogP contribution >= 0.6 is 0 Å². The second-order valence-electron chi connectivity index (χ2n) is 8.64. The largest absolute Gasteiger partial charge is 0.501 e. The van der Waals surface area contributed by atoms with E-state index >= 15 is 0 Å². The molecule has 0 radical (unpaired) electrons. The van der Waals surface area contributed by atoms with Crippen molar-refractivity contribution in [1.29, 1.82) is 0 Å². The molecule has 4 aliphatic carbocycles. The first-order chi connectivity index (χ1) is 10.5. The third kappa shape index (κ3) is 1.82. The molecule has 0 aromatic rings. The quantitative estimate of drug-likeness (QED) is 0.775. The van der Waals surface area contributed by atoms with E-state index in [4.69, 9.17) is 4.74 Å². The van der Waals surface area contributed by atoms with Crippen LogP contribution in [0.4, 0.5) is 0 Å². The molecule has 1 N–H and O–H groups in total.